The molecule has 0 unspecified atom stereocenters. The molecule has 20 heavy (non-hydrogen) atoms. The van der Waals surface area contributed by atoms with Crippen LogP contribution in [0.25, 0.3) is 11.2 Å². The second-order valence-corrected chi connectivity index (χ2v) is 4.55. The van der Waals surface area contributed by atoms with Crippen molar-refractivity contribution in [2.24, 2.45) is 0 Å². The van der Waals surface area contributed by atoms with Crippen LogP contribution in [0.5, 0.6) is 0 Å². The lowest BCUT2D eigenvalue weighted by Gasteiger charge is -2.17. The van der Waals surface area contributed by atoms with E-state index in [1.807, 2.05) is 18.9 Å². The Morgan fingerprint density at radius 1 is 1.25 bits per heavy atom. The largest absolute Gasteiger partial charge is 0.456 e. The fraction of sp³-hybridized carbons (Fsp3) is 0.500. The van der Waals surface area contributed by atoms with Gasteiger partial charge >= 0.3 is 0 Å². The van der Waals surface area contributed by atoms with Crippen LogP contribution in [0.2, 0.25) is 0 Å². The van der Waals surface area contributed by atoms with E-state index in [2.05, 4.69) is 0 Å². The quantitative estimate of drug-likeness (QED) is 0.721. The van der Waals surface area contributed by atoms with Gasteiger partial charge in [0.15, 0.2) is 11.5 Å². The molecule has 0 aromatic carbocycles. The molecule has 0 bridgehead atoms. The van der Waals surface area contributed by atoms with E-state index in [0.717, 1.165) is 5.56 Å². The van der Waals surface area contributed by atoms with Gasteiger partial charge in [-0.05, 0) is 6.92 Å². The minimum Gasteiger partial charge on any atom is -0.456 e. The van der Waals surface area contributed by atoms with Crippen molar-refractivity contribution in [2.75, 3.05) is 45.4 Å². The first kappa shape index (κ1) is 14.6. The summed E-state index contributed by atoms with van der Waals surface area (Å²) in [5.41, 5.74) is 1.39. The van der Waals surface area contributed by atoms with Gasteiger partial charge in [-0.2, -0.15) is 0 Å². The molecule has 0 amide bonds. The van der Waals surface area contributed by atoms with Gasteiger partial charge in [-0.1, -0.05) is 0 Å². The van der Waals surface area contributed by atoms with Crippen LogP contribution in [-0.4, -0.2) is 40.5 Å². The second kappa shape index (κ2) is 6.58. The van der Waals surface area contributed by atoms with Crippen molar-refractivity contribution in [1.82, 2.24) is 0 Å². The summed E-state index contributed by atoms with van der Waals surface area (Å²) in [5.74, 6) is 0.502. The summed E-state index contributed by atoms with van der Waals surface area (Å²) in [6.07, 6.45) is 1.52. The smallest absolute Gasteiger partial charge is 0.230 e. The lowest BCUT2D eigenvalue weighted by molar-refractivity contribution is 0.0741. The zero-order valence-corrected chi connectivity index (χ0v) is 12.0. The van der Waals surface area contributed by atoms with Gasteiger partial charge in [0.2, 0.25) is 11.0 Å². The molecule has 2 aromatic rings. The zero-order valence-electron chi connectivity index (χ0n) is 12.0. The second-order valence-electron chi connectivity index (χ2n) is 4.55. The molecule has 110 valence electrons. The molecule has 0 aliphatic rings. The SMILES string of the molecule is COCCOCCN(C)c1cc(=O)c2occ(C)c2o1. The normalized spacial score (nSPS) is 11.2. The number of hydrogen-bond donors (Lipinski definition) is 0. The fourth-order valence-electron chi connectivity index (χ4n) is 1.79. The first-order chi connectivity index (χ1) is 9.63. The Kier molecular flexibility index (Phi) is 4.81. The molecule has 0 saturated carbocycles. The Morgan fingerprint density at radius 3 is 2.80 bits per heavy atom. The van der Waals surface area contributed by atoms with Crippen molar-refractivity contribution in [3.63, 3.8) is 0 Å². The first-order valence-electron chi connectivity index (χ1n) is 6.43. The maximum absolute atomic E-state index is 11.9. The number of hydrogen-bond acceptors (Lipinski definition) is 6. The van der Waals surface area contributed by atoms with E-state index in [-0.39, 0.29) is 11.0 Å². The minimum absolute atomic E-state index is 0.179. The standard InChI is InChI=1S/C14H19NO5/c1-10-9-19-14-11(16)8-12(20-13(10)14)15(2)4-5-18-7-6-17-3/h8-9H,4-7H2,1-3H3. The van der Waals surface area contributed by atoms with E-state index < -0.39 is 0 Å². The Morgan fingerprint density at radius 2 is 2.05 bits per heavy atom. The highest BCUT2D eigenvalue weighted by atomic mass is 16.5. The monoisotopic (exact) mass is 281 g/mol. The highest BCUT2D eigenvalue weighted by molar-refractivity contribution is 5.75. The lowest BCUT2D eigenvalue weighted by Crippen LogP contribution is -2.24. The maximum atomic E-state index is 11.9. The number of methoxy groups -OCH3 is 1. The van der Waals surface area contributed by atoms with E-state index in [4.69, 9.17) is 18.3 Å². The van der Waals surface area contributed by atoms with Gasteiger partial charge < -0.3 is 23.2 Å². The number of ether oxygens (including phenoxy) is 2. The number of furan rings is 1. The maximum Gasteiger partial charge on any atom is 0.230 e. The van der Waals surface area contributed by atoms with E-state index in [1.165, 1.54) is 12.3 Å². The van der Waals surface area contributed by atoms with E-state index in [9.17, 15) is 4.79 Å². The Bertz CT molecular complexity index is 616. The summed E-state index contributed by atoms with van der Waals surface area (Å²) in [5, 5.41) is 0. The summed E-state index contributed by atoms with van der Waals surface area (Å²) >= 11 is 0. The fourth-order valence-corrected chi connectivity index (χ4v) is 1.79. The van der Waals surface area contributed by atoms with Gasteiger partial charge in [-0.15, -0.1) is 0 Å². The van der Waals surface area contributed by atoms with Crippen LogP contribution >= 0.6 is 0 Å². The molecule has 0 aliphatic heterocycles. The van der Waals surface area contributed by atoms with Gasteiger partial charge in [-0.3, -0.25) is 4.79 Å². The average molecular weight is 281 g/mol. The highest BCUT2D eigenvalue weighted by Gasteiger charge is 2.13. The number of aryl methyl sites for hydroxylation is 1. The van der Waals surface area contributed by atoms with Crippen LogP contribution in [0.15, 0.2) is 26.0 Å². The molecule has 6 heteroatoms. The van der Waals surface area contributed by atoms with Gasteiger partial charge in [0.1, 0.15) is 0 Å². The average Bonchev–Trinajstić information content (AvgIpc) is 2.81. The molecule has 0 aliphatic carbocycles. The molecular formula is C14H19NO5. The Hall–Kier alpha value is -1.79. The predicted molar refractivity (Wildman–Crippen MR) is 75.5 cm³/mol. The van der Waals surface area contributed by atoms with Crippen LogP contribution in [-0.2, 0) is 9.47 Å². The number of fused-ring (bicyclic) bond motifs is 1. The van der Waals surface area contributed by atoms with Gasteiger partial charge in [0.05, 0.1) is 32.2 Å². The van der Waals surface area contributed by atoms with Crippen LogP contribution in [0.4, 0.5) is 5.88 Å². The molecule has 2 heterocycles. The Labute approximate surface area is 116 Å². The van der Waals surface area contributed by atoms with Crippen molar-refractivity contribution >= 4 is 17.1 Å². The van der Waals surface area contributed by atoms with Gasteiger partial charge in [0.25, 0.3) is 0 Å². The molecule has 0 atom stereocenters. The molecule has 0 spiro atoms. The molecule has 0 saturated heterocycles. The number of nitrogens with zero attached hydrogens (tertiary/aromatic N) is 1. The summed E-state index contributed by atoms with van der Waals surface area (Å²) in [4.78, 5) is 13.7. The highest BCUT2D eigenvalue weighted by Crippen LogP contribution is 2.22. The van der Waals surface area contributed by atoms with Crippen molar-refractivity contribution in [3.05, 3.63) is 28.1 Å². The van der Waals surface area contributed by atoms with Crippen LogP contribution in [0, 0.1) is 6.92 Å². The van der Waals surface area contributed by atoms with Crippen LogP contribution in [0.3, 0.4) is 0 Å². The van der Waals surface area contributed by atoms with Crippen molar-refractivity contribution < 1.29 is 18.3 Å². The summed E-state index contributed by atoms with van der Waals surface area (Å²) in [6.45, 7) is 4.11. The third-order valence-corrected chi connectivity index (χ3v) is 2.98. The summed E-state index contributed by atoms with van der Waals surface area (Å²) in [7, 11) is 3.48. The van der Waals surface area contributed by atoms with Crippen molar-refractivity contribution in [1.29, 1.82) is 0 Å². The lowest BCUT2D eigenvalue weighted by atomic mass is 10.3. The molecular weight excluding hydrogens is 262 g/mol. The van der Waals surface area contributed by atoms with Gasteiger partial charge in [0, 0.05) is 26.3 Å². The number of anilines is 1. The van der Waals surface area contributed by atoms with Crippen LogP contribution < -0.4 is 10.3 Å². The number of likely N-dealkylation sites (N-methyl/N-ethyl adjacent to an activating group) is 1. The third kappa shape index (κ3) is 3.20. The summed E-state index contributed by atoms with van der Waals surface area (Å²) in [6, 6.07) is 1.43. The molecule has 0 N–H and O–H groups in total. The summed E-state index contributed by atoms with van der Waals surface area (Å²) < 4.78 is 21.2. The van der Waals surface area contributed by atoms with Crippen LogP contribution in [0.1, 0.15) is 5.56 Å². The van der Waals surface area contributed by atoms with Gasteiger partial charge in [-0.25, -0.2) is 0 Å². The molecule has 0 fully saturated rings. The van der Waals surface area contributed by atoms with E-state index in [0.29, 0.717) is 37.8 Å². The topological polar surface area (TPSA) is 65.1 Å². The van der Waals surface area contributed by atoms with Crippen molar-refractivity contribution in [3.8, 4) is 0 Å². The van der Waals surface area contributed by atoms with Crippen molar-refractivity contribution in [2.45, 2.75) is 6.92 Å². The van der Waals surface area contributed by atoms with E-state index >= 15 is 0 Å². The van der Waals surface area contributed by atoms with E-state index in [1.54, 1.807) is 7.11 Å². The third-order valence-electron chi connectivity index (χ3n) is 2.98. The minimum atomic E-state index is -0.179. The Balaban J connectivity index is 2.04. The first-order valence-corrected chi connectivity index (χ1v) is 6.43. The zero-order chi connectivity index (χ0) is 14.5. The molecule has 2 rings (SSSR count). The molecule has 2 aromatic heterocycles. The predicted octanol–water partition coefficient (Wildman–Crippen LogP) is 1.79. The molecule has 6 nitrogen and oxygen atoms in total. The molecule has 0 radical (unpaired) electrons. The number of rotatable bonds is 7.